The SMILES string of the molecule is C=NC[C@H]1C[C@@H](O)CC[C@@H]1n1cc(C(N)=O)c(Nc2ccc(C(F)(F)F)cc2)n1. The van der Waals surface area contributed by atoms with Crippen molar-refractivity contribution in [2.75, 3.05) is 11.9 Å². The zero-order chi connectivity index (χ0) is 21.2. The molecule has 1 aromatic carbocycles. The molecular formula is C19H22F3N5O2. The normalized spacial score (nSPS) is 22.3. The van der Waals surface area contributed by atoms with Gasteiger partial charge in [-0.15, -0.1) is 0 Å². The first-order valence-corrected chi connectivity index (χ1v) is 9.13. The third-order valence-corrected chi connectivity index (χ3v) is 5.09. The van der Waals surface area contributed by atoms with Crippen molar-refractivity contribution in [2.45, 2.75) is 37.6 Å². The van der Waals surface area contributed by atoms with E-state index in [2.05, 4.69) is 22.1 Å². The quantitative estimate of drug-likeness (QED) is 0.638. The fourth-order valence-electron chi connectivity index (χ4n) is 3.65. The van der Waals surface area contributed by atoms with Gasteiger partial charge >= 0.3 is 6.18 Å². The van der Waals surface area contributed by atoms with Gasteiger partial charge in [-0.25, -0.2) is 0 Å². The van der Waals surface area contributed by atoms with Crippen LogP contribution in [-0.2, 0) is 6.18 Å². The van der Waals surface area contributed by atoms with Crippen LogP contribution in [-0.4, -0.2) is 40.2 Å². The van der Waals surface area contributed by atoms with Gasteiger partial charge in [0.2, 0.25) is 0 Å². The Hall–Kier alpha value is -2.88. The maximum Gasteiger partial charge on any atom is 0.416 e. The Kier molecular flexibility index (Phi) is 5.92. The maximum atomic E-state index is 12.7. The minimum Gasteiger partial charge on any atom is -0.393 e. The van der Waals surface area contributed by atoms with E-state index < -0.39 is 23.8 Å². The summed E-state index contributed by atoms with van der Waals surface area (Å²) < 4.78 is 39.8. The average Bonchev–Trinajstić information content (AvgIpc) is 3.05. The number of nitrogens with zero attached hydrogens (tertiary/aromatic N) is 3. The van der Waals surface area contributed by atoms with Crippen LogP contribution in [0.2, 0.25) is 0 Å². The second-order valence-corrected chi connectivity index (χ2v) is 7.14. The van der Waals surface area contributed by atoms with Gasteiger partial charge < -0.3 is 21.1 Å². The Morgan fingerprint density at radius 3 is 2.62 bits per heavy atom. The molecule has 0 aliphatic heterocycles. The lowest BCUT2D eigenvalue weighted by molar-refractivity contribution is -0.137. The number of amides is 1. The number of alkyl halides is 3. The molecule has 3 atom stereocenters. The van der Waals surface area contributed by atoms with Crippen LogP contribution in [0.5, 0.6) is 0 Å². The maximum absolute atomic E-state index is 12.7. The van der Waals surface area contributed by atoms with Crippen LogP contribution < -0.4 is 11.1 Å². The molecule has 0 saturated heterocycles. The predicted octanol–water partition coefficient (Wildman–Crippen LogP) is 3.15. The Balaban J connectivity index is 1.87. The van der Waals surface area contributed by atoms with Crippen LogP contribution in [0, 0.1) is 5.92 Å². The Labute approximate surface area is 165 Å². The number of anilines is 2. The summed E-state index contributed by atoms with van der Waals surface area (Å²) in [6.45, 7) is 3.95. The van der Waals surface area contributed by atoms with Gasteiger partial charge in [-0.1, -0.05) is 0 Å². The minimum absolute atomic E-state index is 0.00389. The van der Waals surface area contributed by atoms with E-state index >= 15 is 0 Å². The van der Waals surface area contributed by atoms with E-state index in [1.807, 2.05) is 0 Å². The van der Waals surface area contributed by atoms with E-state index in [0.29, 0.717) is 31.5 Å². The number of nitrogens with one attached hydrogen (secondary N) is 1. The molecule has 10 heteroatoms. The van der Waals surface area contributed by atoms with E-state index in [1.165, 1.54) is 18.3 Å². The van der Waals surface area contributed by atoms with Gasteiger partial charge in [-0.05, 0) is 50.2 Å². The summed E-state index contributed by atoms with van der Waals surface area (Å²) >= 11 is 0. The van der Waals surface area contributed by atoms with Crippen molar-refractivity contribution in [1.82, 2.24) is 9.78 Å². The van der Waals surface area contributed by atoms with Crippen LogP contribution in [0.4, 0.5) is 24.7 Å². The largest absolute Gasteiger partial charge is 0.416 e. The van der Waals surface area contributed by atoms with Gasteiger partial charge in [0.15, 0.2) is 5.82 Å². The summed E-state index contributed by atoms with van der Waals surface area (Å²) in [4.78, 5) is 15.8. The molecule has 7 nitrogen and oxygen atoms in total. The molecule has 0 bridgehead atoms. The Morgan fingerprint density at radius 2 is 2.03 bits per heavy atom. The number of aliphatic imine (C=N–C) groups is 1. The fraction of sp³-hybridized carbons (Fsp3) is 0.421. The molecule has 0 unspecified atom stereocenters. The van der Waals surface area contributed by atoms with Crippen LogP contribution in [0.15, 0.2) is 35.5 Å². The lowest BCUT2D eigenvalue weighted by Gasteiger charge is -2.33. The number of hydrogen-bond acceptors (Lipinski definition) is 5. The van der Waals surface area contributed by atoms with Gasteiger partial charge in [-0.3, -0.25) is 9.48 Å². The minimum atomic E-state index is -4.43. The second-order valence-electron chi connectivity index (χ2n) is 7.14. The van der Waals surface area contributed by atoms with Crippen molar-refractivity contribution in [3.8, 4) is 0 Å². The van der Waals surface area contributed by atoms with Gasteiger partial charge in [0.05, 0.1) is 17.7 Å². The number of aromatic nitrogens is 2. The van der Waals surface area contributed by atoms with Crippen LogP contribution in [0.3, 0.4) is 0 Å². The third kappa shape index (κ3) is 4.76. The number of nitrogens with two attached hydrogens (primary N) is 1. The van der Waals surface area contributed by atoms with Crippen molar-refractivity contribution < 1.29 is 23.1 Å². The highest BCUT2D eigenvalue weighted by atomic mass is 19.4. The average molecular weight is 409 g/mol. The molecular weight excluding hydrogens is 387 g/mol. The predicted molar refractivity (Wildman–Crippen MR) is 102 cm³/mol. The molecule has 0 radical (unpaired) electrons. The number of aliphatic hydroxyl groups is 1. The molecule has 3 rings (SSSR count). The van der Waals surface area contributed by atoms with Gasteiger partial charge in [-0.2, -0.15) is 18.3 Å². The molecule has 1 amide bonds. The summed E-state index contributed by atoms with van der Waals surface area (Å²) in [6.07, 6.45) is -1.57. The lowest BCUT2D eigenvalue weighted by atomic mass is 9.83. The molecule has 1 aromatic heterocycles. The summed E-state index contributed by atoms with van der Waals surface area (Å²) in [7, 11) is 0. The van der Waals surface area contributed by atoms with Crippen molar-refractivity contribution in [2.24, 2.45) is 16.6 Å². The van der Waals surface area contributed by atoms with E-state index in [-0.39, 0.29) is 23.3 Å². The van der Waals surface area contributed by atoms with Crippen molar-refractivity contribution in [3.05, 3.63) is 41.6 Å². The van der Waals surface area contributed by atoms with Crippen LogP contribution in [0.25, 0.3) is 0 Å². The third-order valence-electron chi connectivity index (χ3n) is 5.09. The second kappa shape index (κ2) is 8.24. The molecule has 1 fully saturated rings. The zero-order valence-corrected chi connectivity index (χ0v) is 15.6. The number of halogens is 3. The first kappa shape index (κ1) is 20.8. The van der Waals surface area contributed by atoms with Crippen molar-refractivity contribution in [3.63, 3.8) is 0 Å². The number of carbonyl (C=O) groups excluding carboxylic acids is 1. The summed E-state index contributed by atoms with van der Waals surface area (Å²) in [6, 6.07) is 4.29. The number of hydrogen-bond donors (Lipinski definition) is 3. The van der Waals surface area contributed by atoms with E-state index in [1.54, 1.807) is 4.68 Å². The summed E-state index contributed by atoms with van der Waals surface area (Å²) in [5, 5.41) is 17.2. The van der Waals surface area contributed by atoms with Gasteiger partial charge in [0, 0.05) is 24.3 Å². The molecule has 1 heterocycles. The van der Waals surface area contributed by atoms with E-state index in [9.17, 15) is 23.1 Å². The number of primary amides is 1. The standard InChI is InChI=1S/C19H22F3N5O2/c1-24-9-11-8-14(28)6-7-16(11)27-10-15(17(23)29)18(26-27)25-13-4-2-12(3-5-13)19(20,21)22/h2-5,10-11,14,16,28H,1,6-9H2,(H2,23,29)(H,25,26)/t11-,14+,16+/m1/s1. The Bertz CT molecular complexity index is 879. The molecule has 1 aliphatic rings. The van der Waals surface area contributed by atoms with E-state index in [4.69, 9.17) is 5.73 Å². The summed E-state index contributed by atoms with van der Waals surface area (Å²) in [5.41, 5.74) is 5.15. The van der Waals surface area contributed by atoms with Gasteiger partial charge in [0.25, 0.3) is 5.91 Å². The zero-order valence-electron chi connectivity index (χ0n) is 15.6. The smallest absolute Gasteiger partial charge is 0.393 e. The molecule has 1 aliphatic carbocycles. The molecule has 156 valence electrons. The number of benzene rings is 1. The van der Waals surface area contributed by atoms with Crippen molar-refractivity contribution >= 4 is 24.1 Å². The molecule has 0 spiro atoms. The number of rotatable bonds is 6. The Morgan fingerprint density at radius 1 is 1.34 bits per heavy atom. The topological polar surface area (TPSA) is 106 Å². The number of carbonyl (C=O) groups is 1. The lowest BCUT2D eigenvalue weighted by Crippen LogP contribution is -2.32. The highest BCUT2D eigenvalue weighted by Crippen LogP contribution is 2.36. The van der Waals surface area contributed by atoms with Gasteiger partial charge in [0.1, 0.15) is 5.56 Å². The first-order chi connectivity index (χ1) is 13.7. The highest BCUT2D eigenvalue weighted by molar-refractivity contribution is 5.98. The molecule has 1 saturated carbocycles. The monoisotopic (exact) mass is 409 g/mol. The van der Waals surface area contributed by atoms with E-state index in [0.717, 1.165) is 12.1 Å². The molecule has 4 N–H and O–H groups in total. The van der Waals surface area contributed by atoms with Crippen molar-refractivity contribution in [1.29, 1.82) is 0 Å². The van der Waals surface area contributed by atoms with Crippen LogP contribution in [0.1, 0.15) is 41.2 Å². The first-order valence-electron chi connectivity index (χ1n) is 9.13. The fourth-order valence-corrected chi connectivity index (χ4v) is 3.65. The van der Waals surface area contributed by atoms with Crippen LogP contribution >= 0.6 is 0 Å². The molecule has 2 aromatic rings. The molecule has 29 heavy (non-hydrogen) atoms. The highest BCUT2D eigenvalue weighted by Gasteiger charge is 2.32. The summed E-state index contributed by atoms with van der Waals surface area (Å²) in [5.74, 6) is -0.551. The number of aliphatic hydroxyl groups excluding tert-OH is 1.